The molecule has 0 saturated carbocycles. The highest BCUT2D eigenvalue weighted by Crippen LogP contribution is 2.25. The van der Waals surface area contributed by atoms with Gasteiger partial charge in [-0.2, -0.15) is 0 Å². The third-order valence-electron chi connectivity index (χ3n) is 3.96. The highest BCUT2D eigenvalue weighted by molar-refractivity contribution is 6.10. The Bertz CT molecular complexity index is 565. The zero-order valence-corrected chi connectivity index (χ0v) is 15.1. The van der Waals surface area contributed by atoms with Crippen molar-refractivity contribution in [2.75, 3.05) is 32.5 Å². The Labute approximate surface area is 139 Å². The fourth-order valence-corrected chi connectivity index (χ4v) is 2.19. The van der Waals surface area contributed by atoms with Crippen molar-refractivity contribution in [1.29, 1.82) is 0 Å². The number of carbonyl (C=O) groups excluding carboxylic acids is 2. The molecule has 2 amide bonds. The van der Waals surface area contributed by atoms with E-state index in [2.05, 4.69) is 10.6 Å². The fraction of sp³-hybridized carbons (Fsp3) is 0.556. The van der Waals surface area contributed by atoms with Crippen LogP contribution < -0.4 is 10.6 Å². The van der Waals surface area contributed by atoms with Crippen LogP contribution in [0, 0.1) is 12.3 Å². The van der Waals surface area contributed by atoms with Crippen LogP contribution in [0.1, 0.15) is 31.9 Å². The number of hydrogen-bond acceptors (Lipinski definition) is 3. The van der Waals surface area contributed by atoms with Crippen molar-refractivity contribution in [2.24, 2.45) is 5.41 Å². The number of benzene rings is 1. The molecule has 0 bridgehead atoms. The second-order valence-electron chi connectivity index (χ2n) is 6.60. The standard InChI is InChI=1S/C18H29N3O2/c1-7-14-10-8-9-13(2)15(14)20-17(23)18(3,4)16(22)19-11-12-21(5)6/h8-10H,7,11-12H2,1-6H3,(H,19,22)(H,20,23). The van der Waals surface area contributed by atoms with Gasteiger partial charge in [0, 0.05) is 18.8 Å². The van der Waals surface area contributed by atoms with Gasteiger partial charge >= 0.3 is 0 Å². The Balaban J connectivity index is 2.81. The zero-order valence-electron chi connectivity index (χ0n) is 15.1. The van der Waals surface area contributed by atoms with Gasteiger partial charge in [0.1, 0.15) is 5.41 Å². The molecule has 2 N–H and O–H groups in total. The third-order valence-corrected chi connectivity index (χ3v) is 3.96. The van der Waals surface area contributed by atoms with Crippen molar-refractivity contribution in [3.63, 3.8) is 0 Å². The van der Waals surface area contributed by atoms with E-state index in [9.17, 15) is 9.59 Å². The molecule has 1 aromatic rings. The summed E-state index contributed by atoms with van der Waals surface area (Å²) in [6.45, 7) is 8.56. The van der Waals surface area contributed by atoms with Crippen molar-refractivity contribution < 1.29 is 9.59 Å². The van der Waals surface area contributed by atoms with E-state index in [-0.39, 0.29) is 11.8 Å². The molecule has 0 aromatic heterocycles. The summed E-state index contributed by atoms with van der Waals surface area (Å²) in [5.41, 5.74) is 1.76. The van der Waals surface area contributed by atoms with Gasteiger partial charge in [0.2, 0.25) is 11.8 Å². The first kappa shape index (κ1) is 19.2. The number of anilines is 1. The van der Waals surface area contributed by atoms with Crippen LogP contribution in [0.2, 0.25) is 0 Å². The Morgan fingerprint density at radius 1 is 1.17 bits per heavy atom. The molecular formula is C18H29N3O2. The summed E-state index contributed by atoms with van der Waals surface area (Å²) >= 11 is 0. The molecule has 0 aliphatic heterocycles. The number of nitrogens with zero attached hydrogens (tertiary/aromatic N) is 1. The third kappa shape index (κ3) is 5.06. The predicted molar refractivity (Wildman–Crippen MR) is 94.5 cm³/mol. The minimum Gasteiger partial charge on any atom is -0.354 e. The summed E-state index contributed by atoms with van der Waals surface area (Å²) in [6.07, 6.45) is 0.826. The second-order valence-corrected chi connectivity index (χ2v) is 6.60. The minimum absolute atomic E-state index is 0.261. The topological polar surface area (TPSA) is 61.4 Å². The molecule has 5 nitrogen and oxygen atoms in total. The first-order chi connectivity index (χ1) is 10.7. The largest absolute Gasteiger partial charge is 0.354 e. The number of para-hydroxylation sites is 1. The van der Waals surface area contributed by atoms with Gasteiger partial charge in [0.15, 0.2) is 0 Å². The predicted octanol–water partition coefficient (Wildman–Crippen LogP) is 2.20. The van der Waals surface area contributed by atoms with Crippen LogP contribution in [0.5, 0.6) is 0 Å². The van der Waals surface area contributed by atoms with Gasteiger partial charge < -0.3 is 15.5 Å². The maximum atomic E-state index is 12.6. The highest BCUT2D eigenvalue weighted by atomic mass is 16.2. The lowest BCUT2D eigenvalue weighted by Gasteiger charge is -2.24. The van der Waals surface area contributed by atoms with E-state index in [0.29, 0.717) is 6.54 Å². The summed E-state index contributed by atoms with van der Waals surface area (Å²) < 4.78 is 0. The number of amides is 2. The average molecular weight is 319 g/mol. The van der Waals surface area contributed by atoms with E-state index < -0.39 is 5.41 Å². The van der Waals surface area contributed by atoms with Crippen molar-refractivity contribution in [2.45, 2.75) is 34.1 Å². The van der Waals surface area contributed by atoms with Gasteiger partial charge in [-0.15, -0.1) is 0 Å². The van der Waals surface area contributed by atoms with Crippen LogP contribution in [-0.4, -0.2) is 43.9 Å². The molecule has 0 atom stereocenters. The molecule has 0 aliphatic rings. The molecule has 0 heterocycles. The van der Waals surface area contributed by atoms with Gasteiger partial charge in [-0.3, -0.25) is 9.59 Å². The molecule has 0 spiro atoms. The van der Waals surface area contributed by atoms with Crippen LogP contribution in [0.15, 0.2) is 18.2 Å². The van der Waals surface area contributed by atoms with Crippen LogP contribution in [-0.2, 0) is 16.0 Å². The average Bonchev–Trinajstić information content (AvgIpc) is 2.48. The summed E-state index contributed by atoms with van der Waals surface area (Å²) in [4.78, 5) is 26.9. The van der Waals surface area contributed by atoms with Crippen molar-refractivity contribution >= 4 is 17.5 Å². The van der Waals surface area contributed by atoms with Crippen molar-refractivity contribution in [1.82, 2.24) is 10.2 Å². The number of carbonyl (C=O) groups is 2. The molecule has 128 valence electrons. The van der Waals surface area contributed by atoms with E-state index in [1.807, 2.05) is 51.0 Å². The molecule has 1 aromatic carbocycles. The quantitative estimate of drug-likeness (QED) is 0.758. The van der Waals surface area contributed by atoms with E-state index in [1.165, 1.54) is 0 Å². The first-order valence-electron chi connectivity index (χ1n) is 8.03. The van der Waals surface area contributed by atoms with Crippen LogP contribution in [0.25, 0.3) is 0 Å². The lowest BCUT2D eigenvalue weighted by Crippen LogP contribution is -2.46. The first-order valence-corrected chi connectivity index (χ1v) is 8.03. The molecule has 23 heavy (non-hydrogen) atoms. The molecular weight excluding hydrogens is 290 g/mol. The van der Waals surface area contributed by atoms with E-state index >= 15 is 0 Å². The molecule has 0 fully saturated rings. The van der Waals surface area contributed by atoms with Gasteiger partial charge in [-0.25, -0.2) is 0 Å². The van der Waals surface area contributed by atoms with Gasteiger partial charge in [-0.05, 0) is 52.4 Å². The second kappa shape index (κ2) is 8.11. The number of nitrogens with one attached hydrogen (secondary N) is 2. The Hall–Kier alpha value is -1.88. The zero-order chi connectivity index (χ0) is 17.6. The Morgan fingerprint density at radius 3 is 2.39 bits per heavy atom. The van der Waals surface area contributed by atoms with Crippen LogP contribution >= 0.6 is 0 Å². The SMILES string of the molecule is CCc1cccc(C)c1NC(=O)C(C)(C)C(=O)NCCN(C)C. The maximum absolute atomic E-state index is 12.6. The summed E-state index contributed by atoms with van der Waals surface area (Å²) in [5, 5.41) is 5.76. The molecule has 5 heteroatoms. The van der Waals surface area contributed by atoms with E-state index in [4.69, 9.17) is 0 Å². The Kier molecular flexibility index (Phi) is 6.76. The van der Waals surface area contributed by atoms with Gasteiger partial charge in [-0.1, -0.05) is 25.1 Å². The summed E-state index contributed by atoms with van der Waals surface area (Å²) in [6, 6.07) is 5.93. The van der Waals surface area contributed by atoms with Gasteiger partial charge in [0.05, 0.1) is 0 Å². The number of hydrogen-bond donors (Lipinski definition) is 2. The number of rotatable bonds is 7. The lowest BCUT2D eigenvalue weighted by atomic mass is 9.90. The molecule has 0 unspecified atom stereocenters. The van der Waals surface area contributed by atoms with Crippen LogP contribution in [0.4, 0.5) is 5.69 Å². The summed E-state index contributed by atoms with van der Waals surface area (Å²) in [7, 11) is 3.88. The van der Waals surface area contributed by atoms with Gasteiger partial charge in [0.25, 0.3) is 0 Å². The van der Waals surface area contributed by atoms with Crippen LogP contribution in [0.3, 0.4) is 0 Å². The minimum atomic E-state index is -1.13. The number of likely N-dealkylation sites (N-methyl/N-ethyl adjacent to an activating group) is 1. The lowest BCUT2D eigenvalue weighted by molar-refractivity contribution is -0.138. The monoisotopic (exact) mass is 319 g/mol. The molecule has 1 rings (SSSR count). The molecule has 0 aliphatic carbocycles. The fourth-order valence-electron chi connectivity index (χ4n) is 2.19. The summed E-state index contributed by atoms with van der Waals surface area (Å²) in [5.74, 6) is -0.549. The smallest absolute Gasteiger partial charge is 0.239 e. The normalized spacial score (nSPS) is 11.4. The Morgan fingerprint density at radius 2 is 1.83 bits per heavy atom. The molecule has 0 saturated heterocycles. The maximum Gasteiger partial charge on any atom is 0.239 e. The number of aryl methyl sites for hydroxylation is 2. The highest BCUT2D eigenvalue weighted by Gasteiger charge is 2.36. The molecule has 0 radical (unpaired) electrons. The van der Waals surface area contributed by atoms with E-state index in [1.54, 1.807) is 13.8 Å². The van der Waals surface area contributed by atoms with Crippen molar-refractivity contribution in [3.05, 3.63) is 29.3 Å². The van der Waals surface area contributed by atoms with E-state index in [0.717, 1.165) is 29.8 Å². The van der Waals surface area contributed by atoms with Crippen molar-refractivity contribution in [3.8, 4) is 0 Å².